The molecule has 1 atom stereocenters. The number of carbonyl (C=O) groups is 2. The van der Waals surface area contributed by atoms with Gasteiger partial charge in [0, 0.05) is 42.2 Å². The molecule has 2 amide bonds. The first-order chi connectivity index (χ1) is 17.0. The smallest absolute Gasteiger partial charge is 0.270 e. The lowest BCUT2D eigenvalue weighted by molar-refractivity contribution is 0.0409. The molecular formula is C27H26FN3O3S. The minimum Gasteiger partial charge on any atom is -0.496 e. The molecule has 0 unspecified atom stereocenters. The molecule has 2 aromatic carbocycles. The average molecular weight is 492 g/mol. The second kappa shape index (κ2) is 9.54. The molecule has 2 aromatic heterocycles. The lowest BCUT2D eigenvalue weighted by atomic mass is 10.1. The summed E-state index contributed by atoms with van der Waals surface area (Å²) in [4.78, 5) is 31.3. The molecular weight excluding hydrogens is 465 g/mol. The van der Waals surface area contributed by atoms with Crippen LogP contribution in [0.3, 0.4) is 0 Å². The molecule has 3 heterocycles. The van der Waals surface area contributed by atoms with Gasteiger partial charge >= 0.3 is 0 Å². The second-order valence-electron chi connectivity index (χ2n) is 8.71. The van der Waals surface area contributed by atoms with Crippen LogP contribution in [0.15, 0.2) is 66.0 Å². The number of carbonyl (C=O) groups excluding carboxylic acids is 2. The number of aromatic nitrogens is 1. The Bertz CT molecular complexity index is 1380. The zero-order valence-electron chi connectivity index (χ0n) is 19.6. The molecule has 0 radical (unpaired) electrons. The quantitative estimate of drug-likeness (QED) is 0.400. The molecule has 35 heavy (non-hydrogen) atoms. The maximum Gasteiger partial charge on any atom is 0.270 e. The van der Waals surface area contributed by atoms with E-state index >= 15 is 0 Å². The van der Waals surface area contributed by atoms with Gasteiger partial charge < -0.3 is 19.1 Å². The van der Waals surface area contributed by atoms with Gasteiger partial charge in [0.1, 0.15) is 22.1 Å². The number of fused-ring (bicyclic) bond motifs is 1. The highest BCUT2D eigenvalue weighted by atomic mass is 32.1. The molecule has 4 aromatic rings. The van der Waals surface area contributed by atoms with Crippen LogP contribution in [-0.2, 0) is 6.54 Å². The van der Waals surface area contributed by atoms with Crippen LogP contribution in [0.5, 0.6) is 5.75 Å². The van der Waals surface area contributed by atoms with Gasteiger partial charge in [-0.05, 0) is 54.8 Å². The molecule has 1 aliphatic rings. The van der Waals surface area contributed by atoms with E-state index in [0.29, 0.717) is 37.4 Å². The molecule has 0 bridgehead atoms. The van der Waals surface area contributed by atoms with Gasteiger partial charge in [0.15, 0.2) is 0 Å². The van der Waals surface area contributed by atoms with Crippen molar-refractivity contribution in [3.8, 4) is 5.75 Å². The summed E-state index contributed by atoms with van der Waals surface area (Å²) in [5.74, 6) is 0.209. The molecule has 0 spiro atoms. The van der Waals surface area contributed by atoms with Crippen LogP contribution in [-0.4, -0.2) is 59.0 Å². The maximum absolute atomic E-state index is 13.7. The van der Waals surface area contributed by atoms with Crippen LogP contribution in [0.1, 0.15) is 33.3 Å². The summed E-state index contributed by atoms with van der Waals surface area (Å²) in [6, 6.07) is 17.2. The number of hydrogen-bond donors (Lipinski definition) is 0. The predicted octanol–water partition coefficient (Wildman–Crippen LogP) is 4.89. The SMILES string of the molecule is COc1ccccc1Cn1c(C(=O)N2CCN(C(=O)c3ccc(F)cc3)[C@H](C)C2)cc2ccsc21. The van der Waals surface area contributed by atoms with Crippen molar-refractivity contribution in [3.63, 3.8) is 0 Å². The molecule has 8 heteroatoms. The van der Waals surface area contributed by atoms with Crippen molar-refractivity contribution in [1.82, 2.24) is 14.4 Å². The van der Waals surface area contributed by atoms with Gasteiger partial charge in [-0.15, -0.1) is 11.3 Å². The number of benzene rings is 2. The first-order valence-corrected chi connectivity index (χ1v) is 12.4. The third-order valence-electron chi connectivity index (χ3n) is 6.51. The van der Waals surface area contributed by atoms with Crippen LogP contribution in [0.4, 0.5) is 4.39 Å². The molecule has 5 rings (SSSR count). The van der Waals surface area contributed by atoms with E-state index in [4.69, 9.17) is 4.74 Å². The third-order valence-corrected chi connectivity index (χ3v) is 7.46. The van der Waals surface area contributed by atoms with E-state index in [1.165, 1.54) is 24.3 Å². The Balaban J connectivity index is 1.37. The van der Waals surface area contributed by atoms with Crippen LogP contribution >= 0.6 is 11.3 Å². The highest BCUT2D eigenvalue weighted by molar-refractivity contribution is 7.16. The van der Waals surface area contributed by atoms with Crippen molar-refractivity contribution in [2.45, 2.75) is 19.5 Å². The Kier molecular flexibility index (Phi) is 6.30. The van der Waals surface area contributed by atoms with Crippen molar-refractivity contribution in [3.05, 3.63) is 88.7 Å². The Hall–Kier alpha value is -3.65. The van der Waals surface area contributed by atoms with E-state index in [1.54, 1.807) is 23.3 Å². The number of hydrogen-bond acceptors (Lipinski definition) is 4. The summed E-state index contributed by atoms with van der Waals surface area (Å²) in [5.41, 5.74) is 2.07. The zero-order valence-corrected chi connectivity index (χ0v) is 20.4. The highest BCUT2D eigenvalue weighted by Gasteiger charge is 2.32. The number of para-hydroxylation sites is 1. The van der Waals surface area contributed by atoms with Gasteiger partial charge in [-0.2, -0.15) is 0 Å². The van der Waals surface area contributed by atoms with Crippen molar-refractivity contribution in [2.24, 2.45) is 0 Å². The normalized spacial score (nSPS) is 16.0. The summed E-state index contributed by atoms with van der Waals surface area (Å²) < 4.78 is 20.8. The Labute approximate surface area is 207 Å². The van der Waals surface area contributed by atoms with Crippen LogP contribution in [0, 0.1) is 5.82 Å². The van der Waals surface area contributed by atoms with Crippen LogP contribution in [0.25, 0.3) is 10.2 Å². The number of nitrogens with zero attached hydrogens (tertiary/aromatic N) is 3. The van der Waals surface area contributed by atoms with Gasteiger partial charge in [0.25, 0.3) is 11.8 Å². The topological polar surface area (TPSA) is 54.8 Å². The first-order valence-electron chi connectivity index (χ1n) is 11.5. The van der Waals surface area contributed by atoms with Gasteiger partial charge in [-0.1, -0.05) is 18.2 Å². The summed E-state index contributed by atoms with van der Waals surface area (Å²) in [6.45, 7) is 3.74. The molecule has 0 N–H and O–H groups in total. The fourth-order valence-corrected chi connectivity index (χ4v) is 5.57. The minimum absolute atomic E-state index is 0.0518. The second-order valence-corrected chi connectivity index (χ2v) is 9.61. The minimum atomic E-state index is -0.374. The molecule has 180 valence electrons. The van der Waals surface area contributed by atoms with Crippen molar-refractivity contribution >= 4 is 33.4 Å². The van der Waals surface area contributed by atoms with Gasteiger partial charge in [-0.3, -0.25) is 9.59 Å². The highest BCUT2D eigenvalue weighted by Crippen LogP contribution is 2.29. The number of halogens is 1. The summed E-state index contributed by atoms with van der Waals surface area (Å²) in [5, 5.41) is 3.06. The Morgan fingerprint density at radius 3 is 2.57 bits per heavy atom. The van der Waals surface area contributed by atoms with E-state index < -0.39 is 0 Å². The molecule has 1 aliphatic heterocycles. The summed E-state index contributed by atoms with van der Waals surface area (Å²) >= 11 is 1.61. The predicted molar refractivity (Wildman–Crippen MR) is 135 cm³/mol. The fourth-order valence-electron chi connectivity index (χ4n) is 4.68. The molecule has 1 saturated heterocycles. The number of ether oxygens (including phenoxy) is 1. The summed E-state index contributed by atoms with van der Waals surface area (Å²) in [7, 11) is 1.65. The first kappa shape index (κ1) is 23.1. The monoisotopic (exact) mass is 491 g/mol. The number of thiophene rings is 1. The molecule has 6 nitrogen and oxygen atoms in total. The number of piperazine rings is 1. The summed E-state index contributed by atoms with van der Waals surface area (Å²) in [6.07, 6.45) is 0. The number of methoxy groups -OCH3 is 1. The molecule has 1 fully saturated rings. The lowest BCUT2D eigenvalue weighted by Gasteiger charge is -2.40. The number of amides is 2. The zero-order chi connectivity index (χ0) is 24.5. The maximum atomic E-state index is 13.7. The molecule has 0 saturated carbocycles. The average Bonchev–Trinajstić information content (AvgIpc) is 3.46. The Morgan fingerprint density at radius 2 is 1.83 bits per heavy atom. The fraction of sp³-hybridized carbons (Fsp3) is 0.259. The largest absolute Gasteiger partial charge is 0.496 e. The molecule has 0 aliphatic carbocycles. The van der Waals surface area contributed by atoms with Crippen LogP contribution in [0.2, 0.25) is 0 Å². The van der Waals surface area contributed by atoms with E-state index in [1.807, 2.05) is 53.6 Å². The van der Waals surface area contributed by atoms with Gasteiger partial charge in [0.05, 0.1) is 13.7 Å². The van der Waals surface area contributed by atoms with Gasteiger partial charge in [-0.25, -0.2) is 4.39 Å². The van der Waals surface area contributed by atoms with E-state index in [9.17, 15) is 14.0 Å². The van der Waals surface area contributed by atoms with Crippen molar-refractivity contribution in [1.29, 1.82) is 0 Å². The number of rotatable bonds is 5. The van der Waals surface area contributed by atoms with Gasteiger partial charge in [0.2, 0.25) is 0 Å². The van der Waals surface area contributed by atoms with Crippen molar-refractivity contribution in [2.75, 3.05) is 26.7 Å². The van der Waals surface area contributed by atoms with E-state index in [-0.39, 0.29) is 23.7 Å². The van der Waals surface area contributed by atoms with E-state index in [0.717, 1.165) is 21.5 Å². The Morgan fingerprint density at radius 1 is 1.06 bits per heavy atom. The van der Waals surface area contributed by atoms with E-state index in [2.05, 4.69) is 4.57 Å². The van der Waals surface area contributed by atoms with Crippen LogP contribution < -0.4 is 4.74 Å². The third kappa shape index (κ3) is 4.41. The van der Waals surface area contributed by atoms with Crippen molar-refractivity contribution < 1.29 is 18.7 Å². The lowest BCUT2D eigenvalue weighted by Crippen LogP contribution is -2.55. The standard InChI is InChI=1S/C27H26FN3O3S/c1-18-16-29(12-13-30(18)25(32)19-7-9-22(28)10-8-19)26(33)23-15-20-11-14-35-27(20)31(23)17-21-5-3-4-6-24(21)34-2/h3-11,14-15,18H,12-13,16-17H2,1-2H3/t18-/m1/s1.